The van der Waals surface area contributed by atoms with Crippen LogP contribution in [-0.2, 0) is 16.3 Å². The Morgan fingerprint density at radius 2 is 1.76 bits per heavy atom. The van der Waals surface area contributed by atoms with Gasteiger partial charge in [-0.25, -0.2) is 17.5 Å². The van der Waals surface area contributed by atoms with Crippen LogP contribution in [0, 0.1) is 5.82 Å². The SMILES string of the molecule is CCc1c(C(=O)NC(C)c2ccc(S(C)(=O)=O)cc2)cnn1-c1ccc(F)cc1. The second kappa shape index (κ2) is 8.16. The molecule has 0 fully saturated rings. The Bertz CT molecular complexity index is 1120. The number of rotatable bonds is 6. The van der Waals surface area contributed by atoms with Gasteiger partial charge in [-0.05, 0) is 55.3 Å². The van der Waals surface area contributed by atoms with Crippen LogP contribution in [0.4, 0.5) is 4.39 Å². The molecule has 152 valence electrons. The highest BCUT2D eigenvalue weighted by Crippen LogP contribution is 2.20. The molecule has 29 heavy (non-hydrogen) atoms. The summed E-state index contributed by atoms with van der Waals surface area (Å²) in [6.07, 6.45) is 3.22. The summed E-state index contributed by atoms with van der Waals surface area (Å²) in [5.41, 5.74) is 2.62. The summed E-state index contributed by atoms with van der Waals surface area (Å²) in [5.74, 6) is -0.623. The van der Waals surface area contributed by atoms with Crippen LogP contribution >= 0.6 is 0 Å². The van der Waals surface area contributed by atoms with E-state index >= 15 is 0 Å². The van der Waals surface area contributed by atoms with Gasteiger partial charge in [0.1, 0.15) is 5.82 Å². The van der Waals surface area contributed by atoms with Gasteiger partial charge >= 0.3 is 0 Å². The third kappa shape index (κ3) is 4.54. The molecule has 0 aliphatic carbocycles. The highest BCUT2D eigenvalue weighted by atomic mass is 32.2. The van der Waals surface area contributed by atoms with Crippen molar-refractivity contribution in [1.82, 2.24) is 15.1 Å². The number of sulfone groups is 1. The highest BCUT2D eigenvalue weighted by molar-refractivity contribution is 7.90. The topological polar surface area (TPSA) is 81.1 Å². The fraction of sp³-hybridized carbons (Fsp3) is 0.238. The van der Waals surface area contributed by atoms with E-state index in [2.05, 4.69) is 10.4 Å². The van der Waals surface area contributed by atoms with E-state index in [4.69, 9.17) is 0 Å². The minimum Gasteiger partial charge on any atom is -0.345 e. The first-order valence-electron chi connectivity index (χ1n) is 9.14. The Morgan fingerprint density at radius 3 is 2.31 bits per heavy atom. The molecule has 3 rings (SSSR count). The summed E-state index contributed by atoms with van der Waals surface area (Å²) in [5, 5.41) is 7.21. The van der Waals surface area contributed by atoms with Gasteiger partial charge in [0, 0.05) is 6.26 Å². The summed E-state index contributed by atoms with van der Waals surface area (Å²) >= 11 is 0. The number of nitrogens with zero attached hydrogens (tertiary/aromatic N) is 2. The van der Waals surface area contributed by atoms with E-state index in [0.29, 0.717) is 23.4 Å². The average Bonchev–Trinajstić information content (AvgIpc) is 3.12. The minimum atomic E-state index is -3.27. The van der Waals surface area contributed by atoms with E-state index in [1.807, 2.05) is 13.8 Å². The minimum absolute atomic E-state index is 0.230. The lowest BCUT2D eigenvalue weighted by Crippen LogP contribution is -2.27. The lowest BCUT2D eigenvalue weighted by molar-refractivity contribution is 0.0939. The van der Waals surface area contributed by atoms with Crippen molar-refractivity contribution in [2.75, 3.05) is 6.26 Å². The number of hydrogen-bond donors (Lipinski definition) is 1. The summed E-state index contributed by atoms with van der Waals surface area (Å²) in [6.45, 7) is 3.74. The molecule has 3 aromatic rings. The van der Waals surface area contributed by atoms with Gasteiger partial charge in [0.15, 0.2) is 9.84 Å². The molecule has 0 aliphatic heterocycles. The molecule has 0 saturated carbocycles. The lowest BCUT2D eigenvalue weighted by atomic mass is 10.1. The largest absolute Gasteiger partial charge is 0.345 e. The first-order valence-corrected chi connectivity index (χ1v) is 11.0. The summed E-state index contributed by atoms with van der Waals surface area (Å²) in [4.78, 5) is 13.0. The van der Waals surface area contributed by atoms with E-state index in [1.54, 1.807) is 28.9 Å². The van der Waals surface area contributed by atoms with Crippen LogP contribution in [0.15, 0.2) is 59.6 Å². The standard InChI is InChI=1S/C21H22FN3O3S/c1-4-20-19(13-23-25(20)17-9-7-16(22)8-10-17)21(26)24-14(2)15-5-11-18(12-6-15)29(3,27)28/h5-14H,4H2,1-3H3,(H,24,26). The van der Waals surface area contributed by atoms with Gasteiger partial charge in [0.25, 0.3) is 5.91 Å². The molecule has 0 radical (unpaired) electrons. The van der Waals surface area contributed by atoms with Gasteiger partial charge in [-0.3, -0.25) is 4.79 Å². The van der Waals surface area contributed by atoms with Gasteiger partial charge < -0.3 is 5.32 Å². The van der Waals surface area contributed by atoms with Gasteiger partial charge in [0.05, 0.1) is 34.1 Å². The Balaban J connectivity index is 1.81. The summed E-state index contributed by atoms with van der Waals surface area (Å²) in [7, 11) is -3.27. The van der Waals surface area contributed by atoms with Gasteiger partial charge in [0.2, 0.25) is 0 Å². The van der Waals surface area contributed by atoms with Gasteiger partial charge in [-0.1, -0.05) is 19.1 Å². The molecule has 1 unspecified atom stereocenters. The molecule has 0 bridgehead atoms. The van der Waals surface area contributed by atoms with Crippen molar-refractivity contribution in [3.63, 3.8) is 0 Å². The van der Waals surface area contributed by atoms with Crippen LogP contribution in [0.1, 0.15) is 41.5 Å². The van der Waals surface area contributed by atoms with Crippen LogP contribution < -0.4 is 5.32 Å². The predicted molar refractivity (Wildman–Crippen MR) is 108 cm³/mol. The third-order valence-electron chi connectivity index (χ3n) is 4.68. The Labute approximate surface area is 169 Å². The van der Waals surface area contributed by atoms with Crippen LogP contribution in [0.2, 0.25) is 0 Å². The first-order chi connectivity index (χ1) is 13.7. The molecule has 0 aliphatic rings. The number of carbonyl (C=O) groups excluding carboxylic acids is 1. The summed E-state index contributed by atoms with van der Waals surface area (Å²) < 4.78 is 38.0. The molecule has 1 aromatic heterocycles. The summed E-state index contributed by atoms with van der Waals surface area (Å²) in [6, 6.07) is 12.0. The molecule has 1 N–H and O–H groups in total. The number of hydrogen-bond acceptors (Lipinski definition) is 4. The van der Waals surface area contributed by atoms with Gasteiger partial charge in [-0.15, -0.1) is 0 Å². The third-order valence-corrected chi connectivity index (χ3v) is 5.80. The molecule has 1 atom stereocenters. The zero-order chi connectivity index (χ0) is 21.2. The molecule has 1 amide bonds. The number of aromatic nitrogens is 2. The molecule has 2 aromatic carbocycles. The fourth-order valence-corrected chi connectivity index (χ4v) is 3.70. The van der Waals surface area contributed by atoms with E-state index < -0.39 is 9.84 Å². The monoisotopic (exact) mass is 415 g/mol. The van der Waals surface area contributed by atoms with Crippen molar-refractivity contribution < 1.29 is 17.6 Å². The van der Waals surface area contributed by atoms with Gasteiger partial charge in [-0.2, -0.15) is 5.10 Å². The van der Waals surface area contributed by atoms with E-state index in [0.717, 1.165) is 11.8 Å². The molecule has 6 nitrogen and oxygen atoms in total. The molecule has 8 heteroatoms. The number of amides is 1. The Hall–Kier alpha value is -3.00. The normalized spacial score (nSPS) is 12.6. The maximum absolute atomic E-state index is 13.2. The van der Waals surface area contributed by atoms with Crippen LogP contribution in [0.5, 0.6) is 0 Å². The molecule has 0 spiro atoms. The van der Waals surface area contributed by atoms with Crippen LogP contribution in [-0.4, -0.2) is 30.4 Å². The molecular weight excluding hydrogens is 393 g/mol. The molecular formula is C21H22FN3O3S. The van der Waals surface area contributed by atoms with Crippen molar-refractivity contribution in [3.8, 4) is 5.69 Å². The molecule has 0 saturated heterocycles. The second-order valence-electron chi connectivity index (χ2n) is 6.78. The van der Waals surface area contributed by atoms with Crippen molar-refractivity contribution in [2.24, 2.45) is 0 Å². The number of carbonyl (C=O) groups is 1. The fourth-order valence-electron chi connectivity index (χ4n) is 3.07. The highest BCUT2D eigenvalue weighted by Gasteiger charge is 2.19. The quantitative estimate of drug-likeness (QED) is 0.668. The Morgan fingerprint density at radius 1 is 1.14 bits per heavy atom. The number of benzene rings is 2. The van der Waals surface area contributed by atoms with Crippen molar-refractivity contribution in [3.05, 3.63) is 77.4 Å². The van der Waals surface area contributed by atoms with Crippen molar-refractivity contribution >= 4 is 15.7 Å². The van der Waals surface area contributed by atoms with E-state index in [9.17, 15) is 17.6 Å². The number of nitrogens with one attached hydrogen (secondary N) is 1. The van der Waals surface area contributed by atoms with Crippen LogP contribution in [0.3, 0.4) is 0 Å². The Kier molecular flexibility index (Phi) is 5.83. The van der Waals surface area contributed by atoms with Crippen molar-refractivity contribution in [2.45, 2.75) is 31.2 Å². The number of halogens is 1. The first kappa shape index (κ1) is 20.7. The lowest BCUT2D eigenvalue weighted by Gasteiger charge is -2.15. The second-order valence-corrected chi connectivity index (χ2v) is 8.80. The zero-order valence-corrected chi connectivity index (χ0v) is 17.2. The maximum atomic E-state index is 13.2. The predicted octanol–water partition coefficient (Wildman–Crippen LogP) is 3.47. The molecule has 1 heterocycles. The average molecular weight is 415 g/mol. The van der Waals surface area contributed by atoms with Crippen molar-refractivity contribution in [1.29, 1.82) is 0 Å². The maximum Gasteiger partial charge on any atom is 0.255 e. The zero-order valence-electron chi connectivity index (χ0n) is 16.4. The van der Waals surface area contributed by atoms with E-state index in [1.165, 1.54) is 30.5 Å². The van der Waals surface area contributed by atoms with E-state index in [-0.39, 0.29) is 22.7 Å². The smallest absolute Gasteiger partial charge is 0.255 e. The van der Waals surface area contributed by atoms with Crippen LogP contribution in [0.25, 0.3) is 5.69 Å².